The topological polar surface area (TPSA) is 92.8 Å². The molecule has 1 aromatic rings. The number of nitrogens with one attached hydrogen (secondary N) is 1. The molecule has 0 aromatic heterocycles. The number of nitrogens with zero attached hydrogens (tertiary/aromatic N) is 1. The number of amides is 3. The van der Waals surface area contributed by atoms with Gasteiger partial charge in [-0.3, -0.25) is 19.3 Å². The molecule has 3 amide bonds. The van der Waals surface area contributed by atoms with Crippen molar-refractivity contribution in [2.75, 3.05) is 5.32 Å². The fourth-order valence-corrected chi connectivity index (χ4v) is 3.78. The molecule has 4 atom stereocenters. The summed E-state index contributed by atoms with van der Waals surface area (Å²) in [6, 6.07) is 4.06. The second-order valence-electron chi connectivity index (χ2n) is 7.30. The highest BCUT2D eigenvalue weighted by atomic mass is 19.1. The summed E-state index contributed by atoms with van der Waals surface area (Å²) in [5.41, 5.74) is 0.358. The van der Waals surface area contributed by atoms with Crippen LogP contribution in [0.5, 0.6) is 0 Å². The first-order chi connectivity index (χ1) is 13.3. The van der Waals surface area contributed by atoms with Crippen LogP contribution in [0.2, 0.25) is 0 Å². The summed E-state index contributed by atoms with van der Waals surface area (Å²) in [6.45, 7) is 2.82. The van der Waals surface area contributed by atoms with E-state index in [4.69, 9.17) is 4.74 Å². The average molecular weight is 390 g/mol. The molecule has 1 heterocycles. The van der Waals surface area contributed by atoms with Crippen LogP contribution in [0.25, 0.3) is 0 Å². The Bertz CT molecular complexity index is 770. The molecule has 1 saturated heterocycles. The molecule has 0 radical (unpaired) electrons. The highest BCUT2D eigenvalue weighted by molar-refractivity contribution is 6.08. The van der Waals surface area contributed by atoms with Crippen LogP contribution in [-0.2, 0) is 23.9 Å². The van der Waals surface area contributed by atoms with Gasteiger partial charge in [-0.05, 0) is 51.0 Å². The third-order valence-electron chi connectivity index (χ3n) is 5.38. The van der Waals surface area contributed by atoms with Gasteiger partial charge in [-0.15, -0.1) is 0 Å². The number of esters is 1. The van der Waals surface area contributed by atoms with Gasteiger partial charge in [-0.1, -0.05) is 12.8 Å². The van der Waals surface area contributed by atoms with Crippen LogP contribution in [0.3, 0.4) is 0 Å². The summed E-state index contributed by atoms with van der Waals surface area (Å²) in [6.07, 6.45) is 1.96. The molecule has 0 unspecified atom stereocenters. The zero-order valence-electron chi connectivity index (χ0n) is 15.8. The minimum atomic E-state index is -1.14. The van der Waals surface area contributed by atoms with Gasteiger partial charge in [0.25, 0.3) is 5.91 Å². The van der Waals surface area contributed by atoms with Crippen LogP contribution in [0.1, 0.15) is 39.5 Å². The molecule has 28 heavy (non-hydrogen) atoms. The van der Waals surface area contributed by atoms with Crippen molar-refractivity contribution in [2.45, 2.75) is 51.7 Å². The molecule has 1 aliphatic carbocycles. The summed E-state index contributed by atoms with van der Waals surface area (Å²) in [5, 5.41) is 2.51. The van der Waals surface area contributed by atoms with Gasteiger partial charge in [0.05, 0.1) is 11.8 Å². The second kappa shape index (κ2) is 8.08. The Kier molecular flexibility index (Phi) is 5.76. The van der Waals surface area contributed by atoms with Gasteiger partial charge in [-0.25, -0.2) is 9.18 Å². The SMILES string of the molecule is C[C@H](OC(=O)[C@H](C)N1C(=O)[C@H]2CCCC[C@H]2C1=O)C(=O)Nc1ccc(F)cc1. The molecular weight excluding hydrogens is 367 g/mol. The normalized spacial score (nSPS) is 23.8. The summed E-state index contributed by atoms with van der Waals surface area (Å²) >= 11 is 0. The summed E-state index contributed by atoms with van der Waals surface area (Å²) in [4.78, 5) is 50.8. The van der Waals surface area contributed by atoms with Gasteiger partial charge < -0.3 is 10.1 Å². The number of halogens is 1. The largest absolute Gasteiger partial charge is 0.451 e. The minimum absolute atomic E-state index is 0.331. The first-order valence-electron chi connectivity index (χ1n) is 9.43. The fourth-order valence-electron chi connectivity index (χ4n) is 3.78. The zero-order valence-corrected chi connectivity index (χ0v) is 15.8. The predicted octanol–water partition coefficient (Wildman–Crippen LogP) is 2.26. The maximum atomic E-state index is 12.9. The van der Waals surface area contributed by atoms with E-state index in [1.807, 2.05) is 0 Å². The molecule has 0 spiro atoms. The van der Waals surface area contributed by atoms with Crippen LogP contribution < -0.4 is 5.32 Å². The van der Waals surface area contributed by atoms with Gasteiger partial charge in [0.2, 0.25) is 11.8 Å². The number of carbonyl (C=O) groups is 4. The molecule has 8 heteroatoms. The van der Waals surface area contributed by atoms with E-state index < -0.39 is 29.8 Å². The Balaban J connectivity index is 1.60. The minimum Gasteiger partial charge on any atom is -0.451 e. The van der Waals surface area contributed by atoms with Crippen molar-refractivity contribution in [1.82, 2.24) is 4.90 Å². The number of imide groups is 1. The number of ether oxygens (including phenoxy) is 1. The Morgan fingerprint density at radius 2 is 1.61 bits per heavy atom. The van der Waals surface area contributed by atoms with E-state index in [-0.39, 0.29) is 23.7 Å². The molecule has 1 N–H and O–H groups in total. The Morgan fingerprint density at radius 1 is 1.07 bits per heavy atom. The number of hydrogen-bond donors (Lipinski definition) is 1. The third kappa shape index (κ3) is 3.90. The summed E-state index contributed by atoms with van der Waals surface area (Å²) in [7, 11) is 0. The summed E-state index contributed by atoms with van der Waals surface area (Å²) < 4.78 is 18.1. The molecule has 2 fully saturated rings. The number of fused-ring (bicyclic) bond motifs is 1. The first kappa shape index (κ1) is 20.0. The van der Waals surface area contributed by atoms with Crippen molar-refractivity contribution in [3.8, 4) is 0 Å². The zero-order chi connectivity index (χ0) is 20.4. The Labute approximate surface area is 162 Å². The van der Waals surface area contributed by atoms with Crippen molar-refractivity contribution >= 4 is 29.4 Å². The number of benzene rings is 1. The average Bonchev–Trinajstić information content (AvgIpc) is 2.93. The van der Waals surface area contributed by atoms with Crippen LogP contribution >= 0.6 is 0 Å². The standard InChI is InChI=1S/C20H23FN2O5/c1-11(23-18(25)15-5-3-4-6-16(15)19(23)26)20(27)28-12(2)17(24)22-14-9-7-13(21)8-10-14/h7-12,15-16H,3-6H2,1-2H3,(H,22,24)/t11-,12-,15-,16+/m0/s1. The molecule has 1 aromatic carbocycles. The lowest BCUT2D eigenvalue weighted by molar-refractivity contribution is -0.163. The fraction of sp³-hybridized carbons (Fsp3) is 0.500. The molecule has 1 aliphatic heterocycles. The number of carbonyl (C=O) groups excluding carboxylic acids is 4. The molecule has 7 nitrogen and oxygen atoms in total. The lowest BCUT2D eigenvalue weighted by atomic mass is 9.81. The maximum absolute atomic E-state index is 12.9. The summed E-state index contributed by atoms with van der Waals surface area (Å²) in [5.74, 6) is -3.22. The van der Waals surface area contributed by atoms with Crippen molar-refractivity contribution < 1.29 is 28.3 Å². The van der Waals surface area contributed by atoms with E-state index in [0.717, 1.165) is 17.7 Å². The molecular formula is C20H23FN2O5. The quantitative estimate of drug-likeness (QED) is 0.615. The van der Waals surface area contributed by atoms with Gasteiger partial charge in [0.1, 0.15) is 11.9 Å². The predicted molar refractivity (Wildman–Crippen MR) is 97.3 cm³/mol. The highest BCUT2D eigenvalue weighted by Crippen LogP contribution is 2.38. The van der Waals surface area contributed by atoms with Crippen LogP contribution in [-0.4, -0.2) is 40.7 Å². The smallest absolute Gasteiger partial charge is 0.329 e. The van der Waals surface area contributed by atoms with Crippen LogP contribution in [0.4, 0.5) is 10.1 Å². The van der Waals surface area contributed by atoms with E-state index in [0.29, 0.717) is 18.5 Å². The van der Waals surface area contributed by atoms with Crippen LogP contribution in [0.15, 0.2) is 24.3 Å². The van der Waals surface area contributed by atoms with E-state index in [1.165, 1.54) is 38.1 Å². The Morgan fingerprint density at radius 3 is 2.14 bits per heavy atom. The number of likely N-dealkylation sites (tertiary alicyclic amines) is 1. The van der Waals surface area contributed by atoms with Gasteiger partial charge in [0.15, 0.2) is 6.10 Å². The van der Waals surface area contributed by atoms with E-state index >= 15 is 0 Å². The number of hydrogen-bond acceptors (Lipinski definition) is 5. The molecule has 0 bridgehead atoms. The second-order valence-corrected chi connectivity index (χ2v) is 7.30. The van der Waals surface area contributed by atoms with E-state index in [9.17, 15) is 23.6 Å². The van der Waals surface area contributed by atoms with E-state index in [1.54, 1.807) is 0 Å². The first-order valence-corrected chi connectivity index (χ1v) is 9.43. The van der Waals surface area contributed by atoms with Crippen molar-refractivity contribution in [3.63, 3.8) is 0 Å². The van der Waals surface area contributed by atoms with Gasteiger partial charge in [0, 0.05) is 5.69 Å². The molecule has 1 saturated carbocycles. The van der Waals surface area contributed by atoms with E-state index in [2.05, 4.69) is 5.32 Å². The van der Waals surface area contributed by atoms with Gasteiger partial charge in [-0.2, -0.15) is 0 Å². The van der Waals surface area contributed by atoms with Crippen molar-refractivity contribution in [1.29, 1.82) is 0 Å². The monoisotopic (exact) mass is 390 g/mol. The highest BCUT2D eigenvalue weighted by Gasteiger charge is 2.51. The molecule has 2 aliphatic rings. The maximum Gasteiger partial charge on any atom is 0.329 e. The lowest BCUT2D eigenvalue weighted by Gasteiger charge is -2.23. The van der Waals surface area contributed by atoms with Crippen molar-refractivity contribution in [3.05, 3.63) is 30.1 Å². The number of rotatable bonds is 5. The van der Waals surface area contributed by atoms with Crippen LogP contribution in [0, 0.1) is 17.7 Å². The Hall–Kier alpha value is -2.77. The molecule has 3 rings (SSSR count). The van der Waals surface area contributed by atoms with Crippen molar-refractivity contribution in [2.24, 2.45) is 11.8 Å². The third-order valence-corrected chi connectivity index (χ3v) is 5.38. The number of anilines is 1. The lowest BCUT2D eigenvalue weighted by Crippen LogP contribution is -2.46. The van der Waals surface area contributed by atoms with Gasteiger partial charge >= 0.3 is 5.97 Å². The molecule has 150 valence electrons.